The lowest BCUT2D eigenvalue weighted by molar-refractivity contribution is -0.0217. The molecule has 32 heavy (non-hydrogen) atoms. The molecule has 2 fully saturated rings. The highest BCUT2D eigenvalue weighted by Crippen LogP contribution is 2.31. The largest absolute Gasteiger partial charge is 0.390 e. The first-order valence-corrected chi connectivity index (χ1v) is 11.5. The SMILES string of the molecule is CC[C@H]1O[C@@H](n2cc(/C=C/CC3CCCC3)c(NC(=O)c3ccccc3)nc2=O)CC1O. The Hall–Kier alpha value is -2.77. The number of benzene rings is 1. The molecule has 2 aliphatic rings. The van der Waals surface area contributed by atoms with Crippen molar-refractivity contribution in [2.45, 2.75) is 70.3 Å². The molecule has 1 amide bonds. The van der Waals surface area contributed by atoms with Gasteiger partial charge in [-0.1, -0.05) is 63.0 Å². The Kier molecular flexibility index (Phi) is 7.17. The van der Waals surface area contributed by atoms with Gasteiger partial charge in [-0.25, -0.2) is 4.79 Å². The summed E-state index contributed by atoms with van der Waals surface area (Å²) in [4.78, 5) is 29.7. The van der Waals surface area contributed by atoms with Crippen molar-refractivity contribution in [2.24, 2.45) is 5.92 Å². The molecular formula is C25H31N3O4. The standard InChI is InChI=1S/C25H31N3O4/c1-2-21-20(29)15-22(32-21)28-16-19(14-8-11-17-9-6-7-10-17)23(27-25(28)31)26-24(30)18-12-4-3-5-13-18/h3-5,8,12-14,16-17,20-22,29H,2,6-7,9-11,15H2,1H3,(H,26,27,30,31)/b14-8+/t20?,21-,22-/m1/s1. The number of aliphatic hydroxyl groups is 1. The summed E-state index contributed by atoms with van der Waals surface area (Å²) in [6.07, 6.45) is 11.2. The van der Waals surface area contributed by atoms with Crippen LogP contribution < -0.4 is 11.0 Å². The van der Waals surface area contributed by atoms with Crippen molar-refractivity contribution in [2.75, 3.05) is 5.32 Å². The smallest absolute Gasteiger partial charge is 0.351 e. The Labute approximate surface area is 188 Å². The predicted molar refractivity (Wildman–Crippen MR) is 123 cm³/mol. The second kappa shape index (κ2) is 10.2. The number of ether oxygens (including phenoxy) is 1. The number of allylic oxidation sites excluding steroid dienone is 1. The minimum absolute atomic E-state index is 0.230. The molecule has 0 radical (unpaired) electrons. The van der Waals surface area contributed by atoms with E-state index in [0.29, 0.717) is 29.9 Å². The minimum atomic E-state index is -0.615. The van der Waals surface area contributed by atoms with Crippen LogP contribution in [0, 0.1) is 5.92 Å². The number of anilines is 1. The van der Waals surface area contributed by atoms with Gasteiger partial charge in [-0.3, -0.25) is 9.36 Å². The molecule has 170 valence electrons. The molecule has 4 rings (SSSR count). The summed E-state index contributed by atoms with van der Waals surface area (Å²) in [5.41, 5.74) is 0.618. The highest BCUT2D eigenvalue weighted by molar-refractivity contribution is 6.04. The molecule has 1 saturated heterocycles. The molecule has 7 heteroatoms. The zero-order chi connectivity index (χ0) is 22.5. The van der Waals surface area contributed by atoms with Crippen molar-refractivity contribution >= 4 is 17.8 Å². The van der Waals surface area contributed by atoms with Gasteiger partial charge in [0.15, 0.2) is 0 Å². The van der Waals surface area contributed by atoms with Crippen LogP contribution in [-0.4, -0.2) is 32.8 Å². The first-order chi connectivity index (χ1) is 15.5. The van der Waals surface area contributed by atoms with Gasteiger partial charge in [0, 0.05) is 23.7 Å². The number of nitrogens with zero attached hydrogens (tertiary/aromatic N) is 2. The van der Waals surface area contributed by atoms with Crippen LogP contribution >= 0.6 is 0 Å². The number of carbonyl (C=O) groups excluding carboxylic acids is 1. The molecular weight excluding hydrogens is 406 g/mol. The van der Waals surface area contributed by atoms with E-state index in [1.807, 2.05) is 19.1 Å². The average molecular weight is 438 g/mol. The number of hydrogen-bond donors (Lipinski definition) is 2. The van der Waals surface area contributed by atoms with Crippen LogP contribution in [0.4, 0.5) is 5.82 Å². The van der Waals surface area contributed by atoms with Crippen LogP contribution in [0.3, 0.4) is 0 Å². The first-order valence-electron chi connectivity index (χ1n) is 11.5. The van der Waals surface area contributed by atoms with E-state index in [1.165, 1.54) is 30.3 Å². The normalized spacial score (nSPS) is 23.8. The van der Waals surface area contributed by atoms with Gasteiger partial charge in [-0.2, -0.15) is 4.98 Å². The van der Waals surface area contributed by atoms with E-state index in [9.17, 15) is 14.7 Å². The third kappa shape index (κ3) is 5.16. The van der Waals surface area contributed by atoms with Crippen molar-refractivity contribution in [1.82, 2.24) is 9.55 Å². The highest BCUT2D eigenvalue weighted by Gasteiger charge is 2.34. The Morgan fingerprint density at radius 3 is 2.72 bits per heavy atom. The summed E-state index contributed by atoms with van der Waals surface area (Å²) >= 11 is 0. The van der Waals surface area contributed by atoms with Crippen molar-refractivity contribution < 1.29 is 14.6 Å². The van der Waals surface area contributed by atoms with E-state index in [2.05, 4.69) is 16.4 Å². The Morgan fingerprint density at radius 1 is 1.28 bits per heavy atom. The number of aliphatic hydroxyl groups excluding tert-OH is 1. The van der Waals surface area contributed by atoms with E-state index in [4.69, 9.17) is 4.74 Å². The molecule has 1 saturated carbocycles. The number of hydrogen-bond acceptors (Lipinski definition) is 5. The second-order valence-electron chi connectivity index (χ2n) is 8.68. The van der Waals surface area contributed by atoms with Gasteiger partial charge in [0.05, 0.1) is 12.2 Å². The fourth-order valence-corrected chi connectivity index (χ4v) is 4.57. The predicted octanol–water partition coefficient (Wildman–Crippen LogP) is 4.15. The lowest BCUT2D eigenvalue weighted by atomic mass is 10.0. The lowest BCUT2D eigenvalue weighted by Gasteiger charge is -2.17. The van der Waals surface area contributed by atoms with Crippen molar-refractivity contribution in [1.29, 1.82) is 0 Å². The van der Waals surface area contributed by atoms with Crippen LogP contribution in [0.25, 0.3) is 6.08 Å². The molecule has 7 nitrogen and oxygen atoms in total. The molecule has 0 bridgehead atoms. The van der Waals surface area contributed by atoms with Crippen LogP contribution in [0.1, 0.15) is 74.0 Å². The van der Waals surface area contributed by atoms with Gasteiger partial charge in [-0.05, 0) is 30.9 Å². The van der Waals surface area contributed by atoms with Gasteiger partial charge in [0.25, 0.3) is 5.91 Å². The van der Waals surface area contributed by atoms with Crippen LogP contribution in [-0.2, 0) is 4.74 Å². The van der Waals surface area contributed by atoms with E-state index in [-0.39, 0.29) is 17.8 Å². The Balaban J connectivity index is 1.61. The number of carbonyl (C=O) groups is 1. The summed E-state index contributed by atoms with van der Waals surface area (Å²) in [6.45, 7) is 1.94. The van der Waals surface area contributed by atoms with Gasteiger partial charge in [-0.15, -0.1) is 0 Å². The fourth-order valence-electron chi connectivity index (χ4n) is 4.57. The first kappa shape index (κ1) is 22.4. The quantitative estimate of drug-likeness (QED) is 0.679. The molecule has 1 unspecified atom stereocenters. The molecule has 1 aromatic carbocycles. The van der Waals surface area contributed by atoms with Gasteiger partial charge in [0.1, 0.15) is 12.0 Å². The summed E-state index contributed by atoms with van der Waals surface area (Å²) in [6, 6.07) is 8.84. The van der Waals surface area contributed by atoms with Crippen LogP contribution in [0.15, 0.2) is 47.4 Å². The maximum atomic E-state index is 12.8. The highest BCUT2D eigenvalue weighted by atomic mass is 16.5. The lowest BCUT2D eigenvalue weighted by Crippen LogP contribution is -2.29. The molecule has 3 atom stereocenters. The zero-order valence-electron chi connectivity index (χ0n) is 18.4. The summed E-state index contributed by atoms with van der Waals surface area (Å²) in [7, 11) is 0. The number of nitrogens with one attached hydrogen (secondary N) is 1. The molecule has 2 N–H and O–H groups in total. The fraction of sp³-hybridized carbons (Fsp3) is 0.480. The number of amides is 1. The Bertz CT molecular complexity index is 1010. The minimum Gasteiger partial charge on any atom is -0.390 e. The topological polar surface area (TPSA) is 93.5 Å². The summed E-state index contributed by atoms with van der Waals surface area (Å²) < 4.78 is 7.31. The van der Waals surface area contributed by atoms with Gasteiger partial charge in [0.2, 0.25) is 0 Å². The maximum Gasteiger partial charge on any atom is 0.351 e. The number of aromatic nitrogens is 2. The van der Waals surface area contributed by atoms with E-state index < -0.39 is 18.0 Å². The average Bonchev–Trinajstić information content (AvgIpc) is 3.45. The van der Waals surface area contributed by atoms with Gasteiger partial charge < -0.3 is 15.2 Å². The monoisotopic (exact) mass is 437 g/mol. The van der Waals surface area contributed by atoms with E-state index in [1.54, 1.807) is 30.5 Å². The summed E-state index contributed by atoms with van der Waals surface area (Å²) in [5.74, 6) is 0.596. The molecule has 0 spiro atoms. The van der Waals surface area contributed by atoms with Crippen LogP contribution in [0.5, 0.6) is 0 Å². The molecule has 1 aliphatic heterocycles. The third-order valence-electron chi connectivity index (χ3n) is 6.41. The van der Waals surface area contributed by atoms with Crippen molar-refractivity contribution in [3.05, 3.63) is 64.2 Å². The maximum absolute atomic E-state index is 12.8. The molecule has 2 aromatic rings. The van der Waals surface area contributed by atoms with Crippen LogP contribution in [0.2, 0.25) is 0 Å². The number of rotatable bonds is 7. The van der Waals surface area contributed by atoms with Crippen molar-refractivity contribution in [3.8, 4) is 0 Å². The third-order valence-corrected chi connectivity index (χ3v) is 6.41. The Morgan fingerprint density at radius 2 is 2.03 bits per heavy atom. The molecule has 1 aliphatic carbocycles. The summed E-state index contributed by atoms with van der Waals surface area (Å²) in [5, 5.41) is 13.0. The zero-order valence-corrected chi connectivity index (χ0v) is 18.4. The van der Waals surface area contributed by atoms with E-state index >= 15 is 0 Å². The van der Waals surface area contributed by atoms with Crippen molar-refractivity contribution in [3.63, 3.8) is 0 Å². The van der Waals surface area contributed by atoms with Gasteiger partial charge >= 0.3 is 5.69 Å². The van der Waals surface area contributed by atoms with E-state index in [0.717, 1.165) is 6.42 Å². The molecule has 2 heterocycles. The second-order valence-corrected chi connectivity index (χ2v) is 8.68. The molecule has 1 aromatic heterocycles.